The van der Waals surface area contributed by atoms with Crippen molar-refractivity contribution in [3.63, 3.8) is 0 Å². The van der Waals surface area contributed by atoms with Gasteiger partial charge in [-0.1, -0.05) is 31.5 Å². The SMILES string of the molecule is CCCc1nc(-c2c(C)cccc2C)nc(NC)c1Br. The second-order valence-corrected chi connectivity index (χ2v) is 5.72. The first-order chi connectivity index (χ1) is 9.58. The molecule has 20 heavy (non-hydrogen) atoms. The number of anilines is 1. The Morgan fingerprint density at radius 1 is 1.15 bits per heavy atom. The Morgan fingerprint density at radius 2 is 1.80 bits per heavy atom. The first kappa shape index (κ1) is 15.0. The predicted molar refractivity (Wildman–Crippen MR) is 88.2 cm³/mol. The highest BCUT2D eigenvalue weighted by molar-refractivity contribution is 9.10. The molecule has 1 heterocycles. The quantitative estimate of drug-likeness (QED) is 0.893. The Bertz CT molecular complexity index is 603. The highest BCUT2D eigenvalue weighted by Gasteiger charge is 2.14. The van der Waals surface area contributed by atoms with Gasteiger partial charge in [-0.3, -0.25) is 0 Å². The van der Waals surface area contributed by atoms with E-state index in [1.165, 1.54) is 11.1 Å². The van der Waals surface area contributed by atoms with Gasteiger partial charge in [0.05, 0.1) is 10.2 Å². The van der Waals surface area contributed by atoms with Gasteiger partial charge < -0.3 is 5.32 Å². The van der Waals surface area contributed by atoms with Gasteiger partial charge in [0, 0.05) is 12.6 Å². The number of benzene rings is 1. The molecule has 0 saturated carbocycles. The monoisotopic (exact) mass is 333 g/mol. The maximum atomic E-state index is 4.76. The number of nitrogens with one attached hydrogen (secondary N) is 1. The third-order valence-electron chi connectivity index (χ3n) is 3.35. The van der Waals surface area contributed by atoms with Gasteiger partial charge in [0.2, 0.25) is 0 Å². The van der Waals surface area contributed by atoms with E-state index in [0.29, 0.717) is 0 Å². The lowest BCUT2D eigenvalue weighted by Crippen LogP contribution is -2.04. The van der Waals surface area contributed by atoms with Gasteiger partial charge in [-0.2, -0.15) is 0 Å². The third-order valence-corrected chi connectivity index (χ3v) is 4.18. The first-order valence-electron chi connectivity index (χ1n) is 6.89. The molecule has 2 aromatic rings. The van der Waals surface area contributed by atoms with Crippen molar-refractivity contribution in [3.05, 3.63) is 39.5 Å². The molecule has 106 valence electrons. The Morgan fingerprint density at radius 3 is 2.35 bits per heavy atom. The molecule has 0 bridgehead atoms. The van der Waals surface area contributed by atoms with Gasteiger partial charge in [-0.05, 0) is 47.3 Å². The summed E-state index contributed by atoms with van der Waals surface area (Å²) >= 11 is 3.60. The van der Waals surface area contributed by atoms with Crippen LogP contribution in [0, 0.1) is 13.8 Å². The van der Waals surface area contributed by atoms with Crippen LogP contribution in [-0.2, 0) is 6.42 Å². The maximum absolute atomic E-state index is 4.76. The average Bonchev–Trinajstić information content (AvgIpc) is 2.42. The molecule has 0 aliphatic heterocycles. The van der Waals surface area contributed by atoms with Crippen molar-refractivity contribution >= 4 is 21.7 Å². The molecule has 0 amide bonds. The van der Waals surface area contributed by atoms with Crippen LogP contribution in [-0.4, -0.2) is 17.0 Å². The molecule has 0 saturated heterocycles. The molecule has 1 aromatic heterocycles. The topological polar surface area (TPSA) is 37.8 Å². The van der Waals surface area contributed by atoms with Gasteiger partial charge in [-0.25, -0.2) is 9.97 Å². The van der Waals surface area contributed by atoms with E-state index in [-0.39, 0.29) is 0 Å². The highest BCUT2D eigenvalue weighted by Crippen LogP contribution is 2.30. The summed E-state index contributed by atoms with van der Waals surface area (Å²) in [4.78, 5) is 9.42. The number of aryl methyl sites for hydroxylation is 3. The fourth-order valence-electron chi connectivity index (χ4n) is 2.34. The van der Waals surface area contributed by atoms with Gasteiger partial charge in [0.25, 0.3) is 0 Å². The van der Waals surface area contributed by atoms with Crippen molar-refractivity contribution in [2.24, 2.45) is 0 Å². The van der Waals surface area contributed by atoms with E-state index in [0.717, 1.165) is 40.2 Å². The summed E-state index contributed by atoms with van der Waals surface area (Å²) in [7, 11) is 1.89. The highest BCUT2D eigenvalue weighted by atomic mass is 79.9. The largest absolute Gasteiger partial charge is 0.372 e. The third kappa shape index (κ3) is 2.85. The molecule has 0 radical (unpaired) electrons. The number of aromatic nitrogens is 2. The molecule has 1 aromatic carbocycles. The van der Waals surface area contributed by atoms with Crippen LogP contribution in [0.2, 0.25) is 0 Å². The lowest BCUT2D eigenvalue weighted by molar-refractivity contribution is 0.868. The average molecular weight is 334 g/mol. The summed E-state index contributed by atoms with van der Waals surface area (Å²) < 4.78 is 0.969. The maximum Gasteiger partial charge on any atom is 0.162 e. The fourth-order valence-corrected chi connectivity index (χ4v) is 2.91. The van der Waals surface area contributed by atoms with Crippen LogP contribution >= 0.6 is 15.9 Å². The molecular weight excluding hydrogens is 314 g/mol. The van der Waals surface area contributed by atoms with Gasteiger partial charge in [-0.15, -0.1) is 0 Å². The van der Waals surface area contributed by atoms with Crippen LogP contribution in [0.15, 0.2) is 22.7 Å². The lowest BCUT2D eigenvalue weighted by Gasteiger charge is -2.13. The Kier molecular flexibility index (Phi) is 4.76. The van der Waals surface area contributed by atoms with Crippen molar-refractivity contribution in [1.82, 2.24) is 9.97 Å². The predicted octanol–water partition coefficient (Wildman–Crippen LogP) is 4.52. The van der Waals surface area contributed by atoms with Crippen molar-refractivity contribution in [2.45, 2.75) is 33.6 Å². The summed E-state index contributed by atoms with van der Waals surface area (Å²) in [5.41, 5.74) is 4.60. The summed E-state index contributed by atoms with van der Waals surface area (Å²) in [6, 6.07) is 6.28. The minimum Gasteiger partial charge on any atom is -0.372 e. The van der Waals surface area contributed by atoms with Crippen LogP contribution in [0.5, 0.6) is 0 Å². The number of rotatable bonds is 4. The number of hydrogen-bond acceptors (Lipinski definition) is 3. The van der Waals surface area contributed by atoms with Crippen molar-refractivity contribution < 1.29 is 0 Å². The van der Waals surface area contributed by atoms with E-state index < -0.39 is 0 Å². The van der Waals surface area contributed by atoms with Crippen LogP contribution in [0.25, 0.3) is 11.4 Å². The second-order valence-electron chi connectivity index (χ2n) is 4.92. The summed E-state index contributed by atoms with van der Waals surface area (Å²) in [6.45, 7) is 6.37. The summed E-state index contributed by atoms with van der Waals surface area (Å²) in [5, 5.41) is 3.15. The Balaban J connectivity index is 2.65. The first-order valence-corrected chi connectivity index (χ1v) is 7.68. The molecule has 4 heteroatoms. The standard InChI is InChI=1S/C16H20BrN3/c1-5-7-12-14(17)16(18-4)20-15(19-12)13-10(2)8-6-9-11(13)3/h6,8-9H,5,7H2,1-4H3,(H,18,19,20). The van der Waals surface area contributed by atoms with E-state index in [4.69, 9.17) is 4.98 Å². The zero-order valence-electron chi connectivity index (χ0n) is 12.4. The van der Waals surface area contributed by atoms with Gasteiger partial charge >= 0.3 is 0 Å². The normalized spacial score (nSPS) is 10.7. The van der Waals surface area contributed by atoms with E-state index in [2.05, 4.69) is 65.2 Å². The van der Waals surface area contributed by atoms with Gasteiger partial charge in [0.15, 0.2) is 5.82 Å². The molecule has 0 fully saturated rings. The summed E-state index contributed by atoms with van der Waals surface area (Å²) in [5.74, 6) is 1.65. The fraction of sp³-hybridized carbons (Fsp3) is 0.375. The van der Waals surface area contributed by atoms with E-state index in [1.807, 2.05) is 7.05 Å². The zero-order valence-corrected chi connectivity index (χ0v) is 14.0. The van der Waals surface area contributed by atoms with Crippen LogP contribution in [0.1, 0.15) is 30.2 Å². The Hall–Kier alpha value is -1.42. The molecule has 0 aliphatic carbocycles. The molecular formula is C16H20BrN3. The Labute approximate surface area is 129 Å². The lowest BCUT2D eigenvalue weighted by atomic mass is 10.0. The van der Waals surface area contributed by atoms with Gasteiger partial charge in [0.1, 0.15) is 5.82 Å². The molecule has 1 N–H and O–H groups in total. The van der Waals surface area contributed by atoms with Crippen LogP contribution < -0.4 is 5.32 Å². The number of nitrogens with zero attached hydrogens (tertiary/aromatic N) is 2. The molecule has 2 rings (SSSR count). The van der Waals surface area contributed by atoms with Crippen molar-refractivity contribution in [2.75, 3.05) is 12.4 Å². The molecule has 0 aliphatic rings. The van der Waals surface area contributed by atoms with E-state index in [9.17, 15) is 0 Å². The molecule has 3 nitrogen and oxygen atoms in total. The smallest absolute Gasteiger partial charge is 0.162 e. The molecule has 0 atom stereocenters. The van der Waals surface area contributed by atoms with E-state index in [1.54, 1.807) is 0 Å². The summed E-state index contributed by atoms with van der Waals surface area (Å²) in [6.07, 6.45) is 2.00. The zero-order chi connectivity index (χ0) is 14.7. The van der Waals surface area contributed by atoms with Crippen LogP contribution in [0.4, 0.5) is 5.82 Å². The second kappa shape index (κ2) is 6.35. The van der Waals surface area contributed by atoms with Crippen molar-refractivity contribution in [1.29, 1.82) is 0 Å². The minimum atomic E-state index is 0.802. The minimum absolute atomic E-state index is 0.802. The molecule has 0 unspecified atom stereocenters. The molecule has 0 spiro atoms. The number of hydrogen-bond donors (Lipinski definition) is 1. The number of halogens is 1. The van der Waals surface area contributed by atoms with E-state index >= 15 is 0 Å². The van der Waals surface area contributed by atoms with Crippen molar-refractivity contribution in [3.8, 4) is 11.4 Å². The van der Waals surface area contributed by atoms with Crippen LogP contribution in [0.3, 0.4) is 0 Å².